The minimum Gasteiger partial charge on any atom is -0.409 e. The average Bonchev–Trinajstić information content (AvgIpc) is 2.91. The van der Waals surface area contributed by atoms with Gasteiger partial charge < -0.3 is 16.3 Å². The molecular formula is C13H17N3O2S. The van der Waals surface area contributed by atoms with Crippen LogP contribution in [-0.4, -0.2) is 34.5 Å². The predicted octanol–water partition coefficient (Wildman–Crippen LogP) is 0.945. The van der Waals surface area contributed by atoms with Crippen molar-refractivity contribution >= 4 is 23.5 Å². The van der Waals surface area contributed by atoms with Gasteiger partial charge in [0, 0.05) is 17.4 Å². The lowest BCUT2D eigenvalue weighted by atomic mass is 10.1. The summed E-state index contributed by atoms with van der Waals surface area (Å²) in [5, 5.41) is 14.5. The van der Waals surface area contributed by atoms with Gasteiger partial charge in [0.2, 0.25) is 5.91 Å². The molecule has 102 valence electrons. The van der Waals surface area contributed by atoms with Crippen LogP contribution < -0.4 is 11.1 Å². The Labute approximate surface area is 116 Å². The molecule has 1 aliphatic rings. The summed E-state index contributed by atoms with van der Waals surface area (Å²) in [6.07, 6.45) is 1.41. The van der Waals surface area contributed by atoms with E-state index in [1.54, 1.807) is 12.1 Å². The topological polar surface area (TPSA) is 87.7 Å². The van der Waals surface area contributed by atoms with E-state index in [1.165, 1.54) is 0 Å². The first kappa shape index (κ1) is 13.7. The molecule has 2 rings (SSSR count). The zero-order valence-electron chi connectivity index (χ0n) is 10.5. The zero-order chi connectivity index (χ0) is 13.7. The van der Waals surface area contributed by atoms with Crippen molar-refractivity contribution in [3.8, 4) is 0 Å². The Balaban J connectivity index is 1.90. The molecule has 4 N–H and O–H groups in total. The number of rotatable bonds is 4. The molecular weight excluding hydrogens is 262 g/mol. The highest BCUT2D eigenvalue weighted by Gasteiger charge is 2.17. The normalized spacial score (nSPS) is 19.4. The summed E-state index contributed by atoms with van der Waals surface area (Å²) in [6, 6.07) is 7.42. The van der Waals surface area contributed by atoms with Crippen LogP contribution in [0.25, 0.3) is 0 Å². The number of nitrogens with zero attached hydrogens (tertiary/aromatic N) is 1. The van der Waals surface area contributed by atoms with E-state index >= 15 is 0 Å². The third kappa shape index (κ3) is 3.89. The molecule has 0 saturated carbocycles. The molecule has 1 saturated heterocycles. The summed E-state index contributed by atoms with van der Waals surface area (Å²) in [6.45, 7) is 0. The maximum absolute atomic E-state index is 11.8. The summed E-state index contributed by atoms with van der Waals surface area (Å²) in [5.74, 6) is 2.25. The number of nitrogens with two attached hydrogens (primary N) is 1. The Hall–Kier alpha value is -1.69. The van der Waals surface area contributed by atoms with Crippen LogP contribution in [0.3, 0.4) is 0 Å². The number of thioether (sulfide) groups is 1. The fraction of sp³-hybridized carbons (Fsp3) is 0.385. The van der Waals surface area contributed by atoms with Crippen molar-refractivity contribution in [2.75, 3.05) is 11.5 Å². The largest absolute Gasteiger partial charge is 0.409 e. The van der Waals surface area contributed by atoms with E-state index < -0.39 is 0 Å². The van der Waals surface area contributed by atoms with Gasteiger partial charge in [0.1, 0.15) is 0 Å². The number of amidine groups is 1. The highest BCUT2D eigenvalue weighted by Crippen LogP contribution is 2.17. The number of amides is 1. The minimum absolute atomic E-state index is 0.0454. The zero-order valence-corrected chi connectivity index (χ0v) is 11.3. The standard InChI is InChI=1S/C13H17N3O2S/c14-13(16-18)10-3-1-9(2-4-10)7-12(17)15-11-5-6-19-8-11/h1-4,11,18H,5-8H2,(H2,14,16)(H,15,17). The second-order valence-electron chi connectivity index (χ2n) is 4.49. The maximum Gasteiger partial charge on any atom is 0.224 e. The number of hydrogen-bond donors (Lipinski definition) is 3. The Kier molecular flexibility index (Phi) is 4.68. The van der Waals surface area contributed by atoms with Crippen molar-refractivity contribution in [1.82, 2.24) is 5.32 Å². The molecule has 0 spiro atoms. The molecule has 1 amide bonds. The fourth-order valence-electron chi connectivity index (χ4n) is 1.96. The monoisotopic (exact) mass is 279 g/mol. The van der Waals surface area contributed by atoms with Gasteiger partial charge in [-0.3, -0.25) is 4.79 Å². The van der Waals surface area contributed by atoms with E-state index in [9.17, 15) is 4.79 Å². The van der Waals surface area contributed by atoms with Gasteiger partial charge in [-0.1, -0.05) is 29.4 Å². The molecule has 6 heteroatoms. The van der Waals surface area contributed by atoms with Crippen molar-refractivity contribution in [2.45, 2.75) is 18.9 Å². The van der Waals surface area contributed by atoms with Crippen LogP contribution in [0.2, 0.25) is 0 Å². The van der Waals surface area contributed by atoms with E-state index in [1.807, 2.05) is 23.9 Å². The molecule has 0 bridgehead atoms. The number of carbonyl (C=O) groups excluding carboxylic acids is 1. The van der Waals surface area contributed by atoms with Gasteiger partial charge in [-0.25, -0.2) is 0 Å². The van der Waals surface area contributed by atoms with Crippen LogP contribution in [0, 0.1) is 0 Å². The summed E-state index contributed by atoms with van der Waals surface area (Å²) in [4.78, 5) is 11.8. The fourth-order valence-corrected chi connectivity index (χ4v) is 3.12. The third-order valence-electron chi connectivity index (χ3n) is 3.02. The van der Waals surface area contributed by atoms with Crippen molar-refractivity contribution in [1.29, 1.82) is 0 Å². The van der Waals surface area contributed by atoms with Gasteiger partial charge in [-0.15, -0.1) is 0 Å². The van der Waals surface area contributed by atoms with Crippen molar-refractivity contribution in [3.63, 3.8) is 0 Å². The van der Waals surface area contributed by atoms with E-state index in [-0.39, 0.29) is 11.7 Å². The second-order valence-corrected chi connectivity index (χ2v) is 5.64. The predicted molar refractivity (Wildman–Crippen MR) is 76.5 cm³/mol. The van der Waals surface area contributed by atoms with Crippen LogP contribution in [0.15, 0.2) is 29.4 Å². The summed E-state index contributed by atoms with van der Waals surface area (Å²) < 4.78 is 0. The highest BCUT2D eigenvalue weighted by molar-refractivity contribution is 7.99. The Bertz CT molecular complexity index is 467. The lowest BCUT2D eigenvalue weighted by Gasteiger charge is -2.11. The highest BCUT2D eigenvalue weighted by atomic mass is 32.2. The first-order chi connectivity index (χ1) is 9.19. The Morgan fingerprint density at radius 3 is 2.79 bits per heavy atom. The Morgan fingerprint density at radius 2 is 2.21 bits per heavy atom. The van der Waals surface area contributed by atoms with Gasteiger partial charge in [0.05, 0.1) is 6.42 Å². The number of hydrogen-bond acceptors (Lipinski definition) is 4. The smallest absolute Gasteiger partial charge is 0.224 e. The van der Waals surface area contributed by atoms with Crippen molar-refractivity contribution < 1.29 is 10.0 Å². The lowest BCUT2D eigenvalue weighted by molar-refractivity contribution is -0.120. The number of benzene rings is 1. The molecule has 5 nitrogen and oxygen atoms in total. The minimum atomic E-state index is 0.0454. The van der Waals surface area contributed by atoms with E-state index in [0.29, 0.717) is 18.0 Å². The van der Waals surface area contributed by atoms with E-state index in [0.717, 1.165) is 23.5 Å². The quantitative estimate of drug-likeness (QED) is 0.331. The molecule has 1 aromatic rings. The summed E-state index contributed by atoms with van der Waals surface area (Å²) in [5.41, 5.74) is 7.03. The molecule has 1 aromatic carbocycles. The average molecular weight is 279 g/mol. The third-order valence-corrected chi connectivity index (χ3v) is 4.18. The molecule has 19 heavy (non-hydrogen) atoms. The molecule has 1 fully saturated rings. The van der Waals surface area contributed by atoms with E-state index in [4.69, 9.17) is 10.9 Å². The molecule has 1 unspecified atom stereocenters. The van der Waals surface area contributed by atoms with Gasteiger partial charge in [0.25, 0.3) is 0 Å². The number of carbonyl (C=O) groups is 1. The lowest BCUT2D eigenvalue weighted by Crippen LogP contribution is -2.35. The van der Waals surface area contributed by atoms with Gasteiger partial charge in [-0.05, 0) is 17.7 Å². The molecule has 1 heterocycles. The van der Waals surface area contributed by atoms with Gasteiger partial charge in [0.15, 0.2) is 5.84 Å². The first-order valence-corrected chi connectivity index (χ1v) is 7.28. The first-order valence-electron chi connectivity index (χ1n) is 6.13. The van der Waals surface area contributed by atoms with Crippen LogP contribution in [0.1, 0.15) is 17.5 Å². The van der Waals surface area contributed by atoms with Crippen molar-refractivity contribution in [3.05, 3.63) is 35.4 Å². The molecule has 0 radical (unpaired) electrons. The maximum atomic E-state index is 11.8. The van der Waals surface area contributed by atoms with E-state index in [2.05, 4.69) is 10.5 Å². The van der Waals surface area contributed by atoms with Crippen LogP contribution in [-0.2, 0) is 11.2 Å². The molecule has 0 aliphatic carbocycles. The van der Waals surface area contributed by atoms with Crippen LogP contribution >= 0.6 is 11.8 Å². The number of oxime groups is 1. The van der Waals surface area contributed by atoms with Crippen LogP contribution in [0.5, 0.6) is 0 Å². The van der Waals surface area contributed by atoms with Crippen LogP contribution in [0.4, 0.5) is 0 Å². The number of nitrogens with one attached hydrogen (secondary N) is 1. The SMILES string of the molecule is N/C(=N/O)c1ccc(CC(=O)NC2CCSC2)cc1. The molecule has 1 atom stereocenters. The summed E-state index contributed by atoms with van der Waals surface area (Å²) >= 11 is 1.87. The molecule has 1 aliphatic heterocycles. The van der Waals surface area contributed by atoms with Crippen molar-refractivity contribution in [2.24, 2.45) is 10.9 Å². The molecule has 0 aromatic heterocycles. The Morgan fingerprint density at radius 1 is 1.47 bits per heavy atom. The van der Waals surface area contributed by atoms with Gasteiger partial charge in [-0.2, -0.15) is 11.8 Å². The second kappa shape index (κ2) is 6.47. The van der Waals surface area contributed by atoms with Gasteiger partial charge >= 0.3 is 0 Å². The summed E-state index contributed by atoms with van der Waals surface area (Å²) in [7, 11) is 0.